The number of sulfonamides is 1. The van der Waals surface area contributed by atoms with Gasteiger partial charge in [0.05, 0.1) is 25.7 Å². The van der Waals surface area contributed by atoms with Crippen molar-refractivity contribution >= 4 is 33.2 Å². The molecule has 0 atom stereocenters. The minimum absolute atomic E-state index is 0.161. The molecule has 1 N–H and O–H groups in total. The van der Waals surface area contributed by atoms with Gasteiger partial charge in [0.15, 0.2) is 0 Å². The summed E-state index contributed by atoms with van der Waals surface area (Å²) in [5.74, 6) is 0.954. The molecule has 1 aliphatic heterocycles. The van der Waals surface area contributed by atoms with E-state index < -0.39 is 10.0 Å². The van der Waals surface area contributed by atoms with Crippen LogP contribution in [-0.2, 0) is 14.8 Å². The highest BCUT2D eigenvalue weighted by atomic mass is 35.5. The molecule has 1 saturated heterocycles. The molecular weight excluding hydrogens is 430 g/mol. The summed E-state index contributed by atoms with van der Waals surface area (Å²) in [5.41, 5.74) is 0.570. The predicted molar refractivity (Wildman–Crippen MR) is 115 cm³/mol. The van der Waals surface area contributed by atoms with Crippen LogP contribution in [0.3, 0.4) is 0 Å². The highest BCUT2D eigenvalue weighted by molar-refractivity contribution is 7.89. The molecule has 8 nitrogen and oxygen atoms in total. The van der Waals surface area contributed by atoms with Crippen LogP contribution in [0.1, 0.15) is 0 Å². The average molecular weight is 454 g/mol. The van der Waals surface area contributed by atoms with Gasteiger partial charge in [0.25, 0.3) is 0 Å². The van der Waals surface area contributed by atoms with Gasteiger partial charge in [0, 0.05) is 55.1 Å². The zero-order valence-corrected chi connectivity index (χ0v) is 18.4. The summed E-state index contributed by atoms with van der Waals surface area (Å²) in [5, 5.41) is 3.31. The number of ether oxygens (including phenoxy) is 2. The van der Waals surface area contributed by atoms with Gasteiger partial charge in [-0.25, -0.2) is 8.42 Å². The van der Waals surface area contributed by atoms with Crippen LogP contribution in [-0.4, -0.2) is 70.5 Å². The van der Waals surface area contributed by atoms with Gasteiger partial charge >= 0.3 is 0 Å². The van der Waals surface area contributed by atoms with Gasteiger partial charge in [-0.3, -0.25) is 9.69 Å². The van der Waals surface area contributed by atoms with Crippen molar-refractivity contribution in [1.29, 1.82) is 0 Å². The molecule has 2 aromatic carbocycles. The lowest BCUT2D eigenvalue weighted by Gasteiger charge is -2.33. The number of nitrogens with one attached hydrogen (secondary N) is 1. The van der Waals surface area contributed by atoms with Crippen LogP contribution in [0.2, 0.25) is 5.02 Å². The smallest absolute Gasteiger partial charge is 0.243 e. The Labute approximate surface area is 181 Å². The fourth-order valence-electron chi connectivity index (χ4n) is 3.17. The second-order valence-electron chi connectivity index (χ2n) is 6.78. The second kappa shape index (κ2) is 9.65. The van der Waals surface area contributed by atoms with Crippen LogP contribution in [0.5, 0.6) is 11.5 Å². The molecule has 0 radical (unpaired) electrons. The van der Waals surface area contributed by atoms with Crippen molar-refractivity contribution in [3.63, 3.8) is 0 Å². The van der Waals surface area contributed by atoms with Crippen LogP contribution in [0, 0.1) is 0 Å². The van der Waals surface area contributed by atoms with Gasteiger partial charge in [-0.1, -0.05) is 11.6 Å². The zero-order valence-electron chi connectivity index (χ0n) is 16.8. The summed E-state index contributed by atoms with van der Waals surface area (Å²) in [4.78, 5) is 14.6. The molecular formula is C20H24ClN3O5S. The number of amides is 1. The Kier molecular flexibility index (Phi) is 7.19. The van der Waals surface area contributed by atoms with Crippen molar-refractivity contribution in [2.45, 2.75) is 4.90 Å². The highest BCUT2D eigenvalue weighted by Crippen LogP contribution is 2.26. The Morgan fingerprint density at radius 1 is 1.00 bits per heavy atom. The highest BCUT2D eigenvalue weighted by Gasteiger charge is 2.29. The molecule has 30 heavy (non-hydrogen) atoms. The number of benzene rings is 2. The van der Waals surface area contributed by atoms with E-state index >= 15 is 0 Å². The van der Waals surface area contributed by atoms with E-state index in [-0.39, 0.29) is 17.3 Å². The molecule has 0 unspecified atom stereocenters. The maximum atomic E-state index is 12.8. The quantitative estimate of drug-likeness (QED) is 0.692. The van der Waals surface area contributed by atoms with E-state index in [4.69, 9.17) is 21.1 Å². The number of piperazine rings is 1. The fraction of sp³-hybridized carbons (Fsp3) is 0.350. The third-order valence-electron chi connectivity index (χ3n) is 4.79. The Hall–Kier alpha value is -2.33. The summed E-state index contributed by atoms with van der Waals surface area (Å²) in [6, 6.07) is 11.2. The third kappa shape index (κ3) is 5.42. The largest absolute Gasteiger partial charge is 0.497 e. The first-order valence-corrected chi connectivity index (χ1v) is 11.1. The summed E-state index contributed by atoms with van der Waals surface area (Å²) in [6.07, 6.45) is 0. The van der Waals surface area contributed by atoms with Crippen molar-refractivity contribution in [2.24, 2.45) is 0 Å². The molecule has 2 aromatic rings. The van der Waals surface area contributed by atoms with Gasteiger partial charge in [0.2, 0.25) is 15.9 Å². The number of methoxy groups -OCH3 is 2. The second-order valence-corrected chi connectivity index (χ2v) is 9.16. The maximum absolute atomic E-state index is 12.8. The first kappa shape index (κ1) is 22.4. The van der Waals surface area contributed by atoms with Gasteiger partial charge < -0.3 is 14.8 Å². The Bertz CT molecular complexity index is 968. The molecule has 0 spiro atoms. The molecule has 0 bridgehead atoms. The zero-order chi connectivity index (χ0) is 21.7. The van der Waals surface area contributed by atoms with Crippen molar-refractivity contribution < 1.29 is 22.7 Å². The summed E-state index contributed by atoms with van der Waals surface area (Å²) in [7, 11) is -0.496. The monoisotopic (exact) mass is 453 g/mol. The van der Waals surface area contributed by atoms with Crippen LogP contribution < -0.4 is 14.8 Å². The van der Waals surface area contributed by atoms with Crippen molar-refractivity contribution in [2.75, 3.05) is 52.3 Å². The number of hydrogen-bond acceptors (Lipinski definition) is 6. The minimum atomic E-state index is -3.57. The average Bonchev–Trinajstić information content (AvgIpc) is 2.74. The number of hydrogen-bond donors (Lipinski definition) is 1. The molecule has 1 aliphatic rings. The van der Waals surface area contributed by atoms with E-state index in [9.17, 15) is 13.2 Å². The van der Waals surface area contributed by atoms with Gasteiger partial charge in [0.1, 0.15) is 11.5 Å². The van der Waals surface area contributed by atoms with E-state index in [1.807, 2.05) is 4.90 Å². The Morgan fingerprint density at radius 2 is 1.57 bits per heavy atom. The SMILES string of the molecule is COc1cc(NC(=O)CN2CCN(S(=O)(=O)c3ccc(Cl)cc3)CC2)cc(OC)c1. The Balaban J connectivity index is 1.55. The van der Waals surface area contributed by atoms with Crippen molar-refractivity contribution in [1.82, 2.24) is 9.21 Å². The van der Waals surface area contributed by atoms with Gasteiger partial charge in [-0.2, -0.15) is 4.31 Å². The van der Waals surface area contributed by atoms with Gasteiger partial charge in [-0.05, 0) is 24.3 Å². The minimum Gasteiger partial charge on any atom is -0.497 e. The Morgan fingerprint density at radius 3 is 2.10 bits per heavy atom. The van der Waals surface area contributed by atoms with E-state index in [1.54, 1.807) is 30.3 Å². The van der Waals surface area contributed by atoms with Crippen LogP contribution >= 0.6 is 11.6 Å². The van der Waals surface area contributed by atoms with Gasteiger partial charge in [-0.15, -0.1) is 0 Å². The van der Waals surface area contributed by atoms with E-state index in [0.717, 1.165) is 0 Å². The lowest BCUT2D eigenvalue weighted by atomic mass is 10.2. The molecule has 162 valence electrons. The van der Waals surface area contributed by atoms with E-state index in [1.165, 1.54) is 30.7 Å². The maximum Gasteiger partial charge on any atom is 0.243 e. The molecule has 0 saturated carbocycles. The number of carbonyl (C=O) groups is 1. The molecule has 1 amide bonds. The number of halogens is 1. The molecule has 10 heteroatoms. The van der Waals surface area contributed by atoms with Crippen LogP contribution in [0.25, 0.3) is 0 Å². The lowest BCUT2D eigenvalue weighted by molar-refractivity contribution is -0.117. The van der Waals surface area contributed by atoms with Crippen molar-refractivity contribution in [3.8, 4) is 11.5 Å². The lowest BCUT2D eigenvalue weighted by Crippen LogP contribution is -2.50. The summed E-state index contributed by atoms with van der Waals surface area (Å²) < 4.78 is 37.3. The standard InChI is InChI=1S/C20H24ClN3O5S/c1-28-17-11-16(12-18(13-17)29-2)22-20(25)14-23-7-9-24(10-8-23)30(26,27)19-5-3-15(21)4-6-19/h3-6,11-13H,7-10,14H2,1-2H3,(H,22,25). The summed E-state index contributed by atoms with van der Waals surface area (Å²) in [6.45, 7) is 1.70. The normalized spacial score (nSPS) is 15.6. The topological polar surface area (TPSA) is 88.2 Å². The molecule has 1 heterocycles. The van der Waals surface area contributed by atoms with E-state index in [2.05, 4.69) is 5.32 Å². The predicted octanol–water partition coefficient (Wildman–Crippen LogP) is 2.30. The number of rotatable bonds is 7. The first-order valence-electron chi connectivity index (χ1n) is 9.33. The molecule has 0 aliphatic carbocycles. The van der Waals surface area contributed by atoms with Crippen LogP contribution in [0.4, 0.5) is 5.69 Å². The summed E-state index contributed by atoms with van der Waals surface area (Å²) >= 11 is 5.84. The molecule has 3 rings (SSSR count). The number of carbonyl (C=O) groups excluding carboxylic acids is 1. The number of nitrogens with zero attached hydrogens (tertiary/aromatic N) is 2. The van der Waals surface area contributed by atoms with Crippen molar-refractivity contribution in [3.05, 3.63) is 47.5 Å². The molecule has 0 aromatic heterocycles. The molecule has 1 fully saturated rings. The third-order valence-corrected chi connectivity index (χ3v) is 6.95. The first-order chi connectivity index (χ1) is 14.3. The fourth-order valence-corrected chi connectivity index (χ4v) is 4.72. The van der Waals surface area contributed by atoms with Crippen LogP contribution in [0.15, 0.2) is 47.4 Å². The van der Waals surface area contributed by atoms with E-state index in [0.29, 0.717) is 48.4 Å². The number of anilines is 1.